The summed E-state index contributed by atoms with van der Waals surface area (Å²) in [5, 5.41) is 2.78. The fourth-order valence-electron chi connectivity index (χ4n) is 6.57. The van der Waals surface area contributed by atoms with E-state index in [-0.39, 0.29) is 41.4 Å². The van der Waals surface area contributed by atoms with Gasteiger partial charge in [-0.1, -0.05) is 30.3 Å². The van der Waals surface area contributed by atoms with E-state index in [1.165, 1.54) is 17.6 Å². The Bertz CT molecular complexity index is 1380. The van der Waals surface area contributed by atoms with Crippen LogP contribution in [0.5, 0.6) is 0 Å². The molecule has 37 heavy (non-hydrogen) atoms. The fourth-order valence-corrected chi connectivity index (χ4v) is 6.57. The zero-order chi connectivity index (χ0) is 25.7. The number of benzene rings is 3. The number of esters is 1. The molecule has 6 rings (SSSR count). The lowest BCUT2D eigenvalue weighted by atomic mass is 9.73. The number of nitrogens with one attached hydrogen (secondary N) is 1. The Balaban J connectivity index is 1.16. The third kappa shape index (κ3) is 3.82. The van der Waals surface area contributed by atoms with Crippen molar-refractivity contribution in [2.75, 3.05) is 17.3 Å². The molecule has 1 aliphatic heterocycles. The molecule has 3 aliphatic rings. The van der Waals surface area contributed by atoms with E-state index in [0.717, 1.165) is 12.8 Å². The molecule has 0 spiro atoms. The summed E-state index contributed by atoms with van der Waals surface area (Å²) in [6.45, 7) is 0. The Morgan fingerprint density at radius 3 is 2.14 bits per heavy atom. The van der Waals surface area contributed by atoms with E-state index in [9.17, 15) is 19.2 Å². The van der Waals surface area contributed by atoms with E-state index in [4.69, 9.17) is 0 Å². The van der Waals surface area contributed by atoms with E-state index in [1.807, 2.05) is 18.2 Å². The van der Waals surface area contributed by atoms with Crippen molar-refractivity contribution < 1.29 is 23.9 Å². The van der Waals surface area contributed by atoms with Gasteiger partial charge in [0.05, 0.1) is 30.2 Å². The molecule has 3 aromatic rings. The average Bonchev–Trinajstić information content (AvgIpc) is 3.60. The van der Waals surface area contributed by atoms with Crippen molar-refractivity contribution in [3.05, 3.63) is 95.6 Å². The highest BCUT2D eigenvalue weighted by Crippen LogP contribution is 2.61. The number of rotatable bonds is 5. The maximum atomic E-state index is 13.5. The molecule has 3 fully saturated rings. The van der Waals surface area contributed by atoms with Gasteiger partial charge in [0, 0.05) is 11.3 Å². The topological polar surface area (TPSA) is 92.8 Å². The highest BCUT2D eigenvalue weighted by molar-refractivity contribution is 6.22. The van der Waals surface area contributed by atoms with Crippen molar-refractivity contribution in [1.82, 2.24) is 0 Å². The molecule has 1 heterocycles. The number of ether oxygens (including phenoxy) is 1. The lowest BCUT2D eigenvalue weighted by Gasteiger charge is -2.28. The number of amides is 3. The third-order valence-electron chi connectivity index (χ3n) is 8.19. The molecule has 0 radical (unpaired) electrons. The molecule has 2 saturated carbocycles. The minimum Gasteiger partial charge on any atom is -0.465 e. The number of nitrogens with zero attached hydrogens (tertiary/aromatic N) is 1. The van der Waals surface area contributed by atoms with Gasteiger partial charge in [-0.2, -0.15) is 0 Å². The predicted octanol–water partition coefficient (Wildman–Crippen LogP) is 4.65. The number of imide groups is 1. The number of methoxy groups -OCH3 is 1. The van der Waals surface area contributed by atoms with Crippen LogP contribution in [-0.2, 0) is 14.3 Å². The van der Waals surface area contributed by atoms with Gasteiger partial charge in [0.2, 0.25) is 11.8 Å². The van der Waals surface area contributed by atoms with Crippen molar-refractivity contribution in [3.8, 4) is 0 Å². The predicted molar refractivity (Wildman–Crippen MR) is 137 cm³/mol. The Morgan fingerprint density at radius 1 is 0.811 bits per heavy atom. The number of anilines is 2. The van der Waals surface area contributed by atoms with Gasteiger partial charge in [0.1, 0.15) is 0 Å². The second kappa shape index (κ2) is 9.00. The Labute approximate surface area is 214 Å². The molecule has 7 heteroatoms. The number of carbonyl (C=O) groups excluding carboxylic acids is 4. The summed E-state index contributed by atoms with van der Waals surface area (Å²) in [5.41, 5.74) is 3.06. The van der Waals surface area contributed by atoms with Gasteiger partial charge in [0.25, 0.3) is 5.91 Å². The largest absolute Gasteiger partial charge is 0.465 e. The average molecular weight is 495 g/mol. The molecule has 2 aliphatic carbocycles. The van der Waals surface area contributed by atoms with Crippen LogP contribution >= 0.6 is 0 Å². The van der Waals surface area contributed by atoms with Crippen LogP contribution in [0.1, 0.15) is 45.0 Å². The maximum Gasteiger partial charge on any atom is 0.337 e. The van der Waals surface area contributed by atoms with Gasteiger partial charge < -0.3 is 10.1 Å². The molecule has 0 unspecified atom stereocenters. The second-order valence-electron chi connectivity index (χ2n) is 10.0. The van der Waals surface area contributed by atoms with Crippen LogP contribution in [-0.4, -0.2) is 30.8 Å². The first-order chi connectivity index (χ1) is 18.0. The monoisotopic (exact) mass is 494 g/mol. The zero-order valence-corrected chi connectivity index (χ0v) is 20.3. The molecule has 0 aromatic heterocycles. The molecule has 2 bridgehead atoms. The van der Waals surface area contributed by atoms with Crippen molar-refractivity contribution in [3.63, 3.8) is 0 Å². The van der Waals surface area contributed by atoms with Crippen molar-refractivity contribution >= 4 is 35.1 Å². The van der Waals surface area contributed by atoms with Crippen LogP contribution in [0, 0.1) is 23.7 Å². The molecule has 3 amide bonds. The van der Waals surface area contributed by atoms with Crippen molar-refractivity contribution in [2.45, 2.75) is 18.8 Å². The standard InChI is InChI=1S/C30H26N2O5/c1-37-30(36)19-7-11-21(12-8-19)31-27(33)18-9-13-22(14-10-18)32-28(34)25-20-15-23(17-5-3-2-4-6-17)24(16-20)26(25)29(32)35/h2-14,20,23-26H,15-16H2,1H3,(H,31,33)/t20-,23-,24-,25-,26+/m1/s1. The van der Waals surface area contributed by atoms with Crippen LogP contribution in [0.2, 0.25) is 0 Å². The quantitative estimate of drug-likeness (QED) is 0.412. The van der Waals surface area contributed by atoms with Gasteiger partial charge in [-0.25, -0.2) is 4.79 Å². The van der Waals surface area contributed by atoms with Crippen LogP contribution in [0.4, 0.5) is 11.4 Å². The second-order valence-corrected chi connectivity index (χ2v) is 10.0. The summed E-state index contributed by atoms with van der Waals surface area (Å²) in [7, 11) is 1.31. The van der Waals surface area contributed by atoms with E-state index in [2.05, 4.69) is 22.2 Å². The maximum absolute atomic E-state index is 13.5. The van der Waals surface area contributed by atoms with E-state index >= 15 is 0 Å². The van der Waals surface area contributed by atoms with Crippen LogP contribution < -0.4 is 10.2 Å². The first-order valence-electron chi connectivity index (χ1n) is 12.5. The highest BCUT2D eigenvalue weighted by Gasteiger charge is 2.64. The van der Waals surface area contributed by atoms with E-state index in [0.29, 0.717) is 28.4 Å². The van der Waals surface area contributed by atoms with Crippen molar-refractivity contribution in [2.24, 2.45) is 23.7 Å². The third-order valence-corrected chi connectivity index (χ3v) is 8.19. The summed E-state index contributed by atoms with van der Waals surface area (Å²) in [5.74, 6) is -0.795. The normalized spacial score (nSPS) is 25.8. The summed E-state index contributed by atoms with van der Waals surface area (Å²) < 4.78 is 4.68. The number of hydrogen-bond donors (Lipinski definition) is 1. The smallest absolute Gasteiger partial charge is 0.337 e. The van der Waals surface area contributed by atoms with Gasteiger partial charge >= 0.3 is 5.97 Å². The molecular formula is C30H26N2O5. The Hall–Kier alpha value is -4.26. The highest BCUT2D eigenvalue weighted by atomic mass is 16.5. The number of fused-ring (bicyclic) bond motifs is 5. The van der Waals surface area contributed by atoms with Crippen LogP contribution in [0.25, 0.3) is 0 Å². The van der Waals surface area contributed by atoms with E-state index < -0.39 is 5.97 Å². The molecule has 5 atom stereocenters. The summed E-state index contributed by atoms with van der Waals surface area (Å²) in [6.07, 6.45) is 1.88. The first-order valence-corrected chi connectivity index (χ1v) is 12.5. The van der Waals surface area contributed by atoms with Gasteiger partial charge in [0.15, 0.2) is 0 Å². The molecule has 1 saturated heterocycles. The van der Waals surface area contributed by atoms with Gasteiger partial charge in [-0.3, -0.25) is 19.3 Å². The fraction of sp³-hybridized carbons (Fsp3) is 0.267. The van der Waals surface area contributed by atoms with Gasteiger partial charge in [-0.05, 0) is 84.7 Å². The van der Waals surface area contributed by atoms with Crippen molar-refractivity contribution in [1.29, 1.82) is 0 Å². The number of hydrogen-bond acceptors (Lipinski definition) is 5. The lowest BCUT2D eigenvalue weighted by molar-refractivity contribution is -0.123. The zero-order valence-electron chi connectivity index (χ0n) is 20.3. The Morgan fingerprint density at radius 2 is 1.46 bits per heavy atom. The lowest BCUT2D eigenvalue weighted by Crippen LogP contribution is -2.33. The minimum atomic E-state index is -0.452. The molecule has 186 valence electrons. The number of carbonyl (C=O) groups is 4. The SMILES string of the molecule is COC(=O)c1ccc(NC(=O)c2ccc(N3C(=O)[C@@H]4[C@H]5C[C@@H]([C@@H]4C3=O)[C@@H](c3ccccc3)C5)cc2)cc1. The van der Waals surface area contributed by atoms with Gasteiger partial charge in [-0.15, -0.1) is 0 Å². The van der Waals surface area contributed by atoms with Crippen LogP contribution in [0.3, 0.4) is 0 Å². The Kier molecular flexibility index (Phi) is 5.63. The van der Waals surface area contributed by atoms with E-state index in [1.54, 1.807) is 48.5 Å². The molecular weight excluding hydrogens is 468 g/mol. The molecule has 7 nitrogen and oxygen atoms in total. The molecule has 1 N–H and O–H groups in total. The minimum absolute atomic E-state index is 0.114. The summed E-state index contributed by atoms with van der Waals surface area (Å²) in [4.78, 5) is 52.5. The van der Waals surface area contributed by atoms with Crippen LogP contribution in [0.15, 0.2) is 78.9 Å². The first kappa shape index (κ1) is 23.2. The molecule has 3 aromatic carbocycles. The summed E-state index contributed by atoms with van der Waals surface area (Å²) >= 11 is 0. The summed E-state index contributed by atoms with van der Waals surface area (Å²) in [6, 6.07) is 23.2.